The quantitative estimate of drug-likeness (QED) is 0.800. The molecule has 5 nitrogen and oxygen atoms in total. The van der Waals surface area contributed by atoms with Crippen molar-refractivity contribution < 1.29 is 14.6 Å². The van der Waals surface area contributed by atoms with Crippen molar-refractivity contribution in [3.8, 4) is 0 Å². The Hall–Kier alpha value is -1.69. The number of carbonyl (C=O) groups is 1. The third-order valence-corrected chi connectivity index (χ3v) is 3.89. The zero-order valence-corrected chi connectivity index (χ0v) is 13.9. The predicted octanol–water partition coefficient (Wildman–Crippen LogP) is 1.16. The highest BCUT2D eigenvalue weighted by Gasteiger charge is 2.17. The van der Waals surface area contributed by atoms with E-state index in [0.717, 1.165) is 24.2 Å². The number of likely N-dealkylation sites (N-methyl/N-ethyl adjacent to an activating group) is 1. The Kier molecular flexibility index (Phi) is 6.77. The highest BCUT2D eigenvalue weighted by molar-refractivity contribution is 5.91. The van der Waals surface area contributed by atoms with Crippen LogP contribution in [0.2, 0.25) is 0 Å². The first-order chi connectivity index (χ1) is 11.0. The minimum atomic E-state index is -0.547. The van der Waals surface area contributed by atoms with Crippen LogP contribution in [0.5, 0.6) is 0 Å². The van der Waals surface area contributed by atoms with Crippen molar-refractivity contribution in [1.82, 2.24) is 9.80 Å². The first-order valence-corrected chi connectivity index (χ1v) is 8.02. The molecule has 0 saturated carbocycles. The highest BCUT2D eigenvalue weighted by atomic mass is 16.5. The van der Waals surface area contributed by atoms with Crippen LogP contribution in [-0.4, -0.2) is 73.4 Å². The number of aryl methyl sites for hydroxylation is 1. The molecular weight excluding hydrogens is 292 g/mol. The largest absolute Gasteiger partial charge is 0.390 e. The van der Waals surface area contributed by atoms with Gasteiger partial charge in [-0.1, -0.05) is 29.8 Å². The van der Waals surface area contributed by atoms with Crippen molar-refractivity contribution in [3.63, 3.8) is 0 Å². The molecule has 1 heterocycles. The minimum Gasteiger partial charge on any atom is -0.390 e. The zero-order chi connectivity index (χ0) is 16.7. The van der Waals surface area contributed by atoms with Gasteiger partial charge in [0.25, 0.3) is 0 Å². The normalized spacial score (nSPS) is 17.3. The summed E-state index contributed by atoms with van der Waals surface area (Å²) in [7, 11) is 1.71. The maximum absolute atomic E-state index is 12.1. The summed E-state index contributed by atoms with van der Waals surface area (Å²) in [6, 6.07) is 7.98. The molecule has 126 valence electrons. The number of β-amino-alcohol motifs (C(OH)–C–C–N with tert-alkyl or cyclic N) is 1. The predicted molar refractivity (Wildman–Crippen MR) is 91.1 cm³/mol. The Labute approximate surface area is 138 Å². The second-order valence-electron chi connectivity index (χ2n) is 6.03. The van der Waals surface area contributed by atoms with E-state index in [1.807, 2.05) is 31.2 Å². The smallest absolute Gasteiger partial charge is 0.246 e. The van der Waals surface area contributed by atoms with E-state index in [1.165, 1.54) is 0 Å². The second kappa shape index (κ2) is 8.82. The maximum atomic E-state index is 12.1. The van der Waals surface area contributed by atoms with Gasteiger partial charge in [0.05, 0.1) is 19.3 Å². The number of carbonyl (C=O) groups excluding carboxylic acids is 1. The number of morpholine rings is 1. The standard InChI is InChI=1S/C18H26N2O3/c1-15-4-3-5-16(12-15)6-7-18(22)19(2)13-17(21)14-20-8-10-23-11-9-20/h3-7,12,17,21H,8-11,13-14H2,1-2H3. The van der Waals surface area contributed by atoms with Gasteiger partial charge in [0.2, 0.25) is 5.91 Å². The van der Waals surface area contributed by atoms with Crippen LogP contribution in [0.3, 0.4) is 0 Å². The molecule has 1 aromatic rings. The van der Waals surface area contributed by atoms with Crippen molar-refractivity contribution in [2.24, 2.45) is 0 Å². The minimum absolute atomic E-state index is 0.104. The zero-order valence-electron chi connectivity index (χ0n) is 13.9. The number of nitrogens with zero attached hydrogens (tertiary/aromatic N) is 2. The van der Waals surface area contributed by atoms with Crippen molar-refractivity contribution in [2.75, 3.05) is 46.4 Å². The third kappa shape index (κ3) is 6.14. The molecule has 1 saturated heterocycles. The summed E-state index contributed by atoms with van der Waals surface area (Å²) in [6.45, 7) is 6.01. The number of hydrogen-bond acceptors (Lipinski definition) is 4. The topological polar surface area (TPSA) is 53.0 Å². The lowest BCUT2D eigenvalue weighted by molar-refractivity contribution is -0.126. The fourth-order valence-electron chi connectivity index (χ4n) is 2.61. The highest BCUT2D eigenvalue weighted by Crippen LogP contribution is 2.06. The van der Waals surface area contributed by atoms with Gasteiger partial charge in [-0.2, -0.15) is 0 Å². The van der Waals surface area contributed by atoms with E-state index < -0.39 is 6.10 Å². The van der Waals surface area contributed by atoms with Gasteiger partial charge in [0.1, 0.15) is 0 Å². The Morgan fingerprint density at radius 3 is 2.87 bits per heavy atom. The number of benzene rings is 1. The molecule has 1 atom stereocenters. The first kappa shape index (κ1) is 17.7. The number of hydrogen-bond donors (Lipinski definition) is 1. The van der Waals surface area contributed by atoms with Gasteiger partial charge >= 0.3 is 0 Å². The molecular formula is C18H26N2O3. The number of aliphatic hydroxyl groups is 1. The molecule has 23 heavy (non-hydrogen) atoms. The number of aliphatic hydroxyl groups excluding tert-OH is 1. The summed E-state index contributed by atoms with van der Waals surface area (Å²) in [5, 5.41) is 10.1. The lowest BCUT2D eigenvalue weighted by atomic mass is 10.1. The molecule has 1 unspecified atom stereocenters. The van der Waals surface area contributed by atoms with E-state index in [2.05, 4.69) is 4.90 Å². The van der Waals surface area contributed by atoms with E-state index in [-0.39, 0.29) is 5.91 Å². The maximum Gasteiger partial charge on any atom is 0.246 e. The molecule has 0 spiro atoms. The van der Waals surface area contributed by atoms with Gasteiger partial charge in [-0.05, 0) is 18.6 Å². The van der Waals surface area contributed by atoms with Crippen molar-refractivity contribution >= 4 is 12.0 Å². The van der Waals surface area contributed by atoms with Gasteiger partial charge in [0.15, 0.2) is 0 Å². The van der Waals surface area contributed by atoms with Crippen molar-refractivity contribution in [1.29, 1.82) is 0 Å². The molecule has 1 amide bonds. The summed E-state index contributed by atoms with van der Waals surface area (Å²) >= 11 is 0. The molecule has 1 fully saturated rings. The molecule has 1 aliphatic heterocycles. The van der Waals surface area contributed by atoms with E-state index in [0.29, 0.717) is 26.3 Å². The molecule has 0 radical (unpaired) electrons. The molecule has 2 rings (SSSR count). The summed E-state index contributed by atoms with van der Waals surface area (Å²) in [5.74, 6) is -0.104. The van der Waals surface area contributed by atoms with Gasteiger partial charge in [0, 0.05) is 39.3 Å². The molecule has 1 aromatic carbocycles. The molecule has 0 aliphatic carbocycles. The lowest BCUT2D eigenvalue weighted by Gasteiger charge is -2.29. The van der Waals surface area contributed by atoms with Gasteiger partial charge in [-0.15, -0.1) is 0 Å². The van der Waals surface area contributed by atoms with E-state index in [4.69, 9.17) is 4.74 Å². The second-order valence-corrected chi connectivity index (χ2v) is 6.03. The molecule has 1 aliphatic rings. The fourth-order valence-corrected chi connectivity index (χ4v) is 2.61. The number of amides is 1. The molecule has 1 N–H and O–H groups in total. The Morgan fingerprint density at radius 2 is 2.17 bits per heavy atom. The lowest BCUT2D eigenvalue weighted by Crippen LogP contribution is -2.44. The summed E-state index contributed by atoms with van der Waals surface area (Å²) in [4.78, 5) is 15.8. The molecule has 5 heteroatoms. The first-order valence-electron chi connectivity index (χ1n) is 8.02. The van der Waals surface area contributed by atoms with Crippen LogP contribution in [0.1, 0.15) is 11.1 Å². The summed E-state index contributed by atoms with van der Waals surface area (Å²) in [5.41, 5.74) is 2.16. The van der Waals surface area contributed by atoms with Crippen LogP contribution in [0.15, 0.2) is 30.3 Å². The van der Waals surface area contributed by atoms with Crippen molar-refractivity contribution in [3.05, 3.63) is 41.5 Å². The van der Waals surface area contributed by atoms with E-state index in [1.54, 1.807) is 24.1 Å². The van der Waals surface area contributed by atoms with E-state index in [9.17, 15) is 9.90 Å². The van der Waals surface area contributed by atoms with Crippen molar-refractivity contribution in [2.45, 2.75) is 13.0 Å². The van der Waals surface area contributed by atoms with Crippen LogP contribution < -0.4 is 0 Å². The Morgan fingerprint density at radius 1 is 1.43 bits per heavy atom. The molecule has 0 aromatic heterocycles. The average molecular weight is 318 g/mol. The van der Waals surface area contributed by atoms with Gasteiger partial charge in [-0.25, -0.2) is 0 Å². The number of rotatable bonds is 6. The van der Waals surface area contributed by atoms with E-state index >= 15 is 0 Å². The van der Waals surface area contributed by atoms with Crippen LogP contribution in [0, 0.1) is 6.92 Å². The monoisotopic (exact) mass is 318 g/mol. The Bertz CT molecular complexity index is 539. The van der Waals surface area contributed by atoms with Crippen LogP contribution in [-0.2, 0) is 9.53 Å². The van der Waals surface area contributed by atoms with Gasteiger partial charge < -0.3 is 14.7 Å². The van der Waals surface area contributed by atoms with Gasteiger partial charge in [-0.3, -0.25) is 9.69 Å². The fraction of sp³-hybridized carbons (Fsp3) is 0.500. The average Bonchev–Trinajstić information content (AvgIpc) is 2.53. The third-order valence-electron chi connectivity index (χ3n) is 3.89. The summed E-state index contributed by atoms with van der Waals surface area (Å²) < 4.78 is 5.29. The molecule has 0 bridgehead atoms. The van der Waals surface area contributed by atoms with Crippen LogP contribution in [0.4, 0.5) is 0 Å². The Balaban J connectivity index is 1.79. The summed E-state index contributed by atoms with van der Waals surface area (Å²) in [6.07, 6.45) is 2.81. The van der Waals surface area contributed by atoms with Crippen LogP contribution >= 0.6 is 0 Å². The number of ether oxygens (including phenoxy) is 1. The SMILES string of the molecule is Cc1cccc(C=CC(=O)N(C)CC(O)CN2CCOCC2)c1. The van der Waals surface area contributed by atoms with Crippen LogP contribution in [0.25, 0.3) is 6.08 Å².